The Hall–Kier alpha value is -1.32. The second-order valence-corrected chi connectivity index (χ2v) is 5.95. The number of piperidine rings is 1. The van der Waals surface area contributed by atoms with E-state index in [0.29, 0.717) is 6.04 Å². The molecular formula is C17H30N4. The van der Waals surface area contributed by atoms with Crippen LogP contribution in [0.4, 0.5) is 11.8 Å². The Bertz CT molecular complexity index is 415. The van der Waals surface area contributed by atoms with Crippen LogP contribution >= 0.6 is 0 Å². The quantitative estimate of drug-likeness (QED) is 0.763. The molecule has 1 unspecified atom stereocenters. The predicted octanol–water partition coefficient (Wildman–Crippen LogP) is 3.87. The molecule has 2 heterocycles. The Morgan fingerprint density at radius 1 is 1.19 bits per heavy atom. The van der Waals surface area contributed by atoms with Gasteiger partial charge in [-0.2, -0.15) is 4.98 Å². The second kappa shape index (κ2) is 8.20. The number of aromatic nitrogens is 2. The SMILES string of the molecule is CCCN(CCC)c1nccc(N2CCCCC2CC)n1. The lowest BCUT2D eigenvalue weighted by atomic mass is 10.0. The average molecular weight is 290 g/mol. The van der Waals surface area contributed by atoms with E-state index in [2.05, 4.69) is 41.6 Å². The Balaban J connectivity index is 2.19. The van der Waals surface area contributed by atoms with E-state index >= 15 is 0 Å². The highest BCUT2D eigenvalue weighted by atomic mass is 15.3. The molecule has 0 N–H and O–H groups in total. The van der Waals surface area contributed by atoms with E-state index in [1.54, 1.807) is 0 Å². The predicted molar refractivity (Wildman–Crippen MR) is 90.1 cm³/mol. The van der Waals surface area contributed by atoms with Crippen LogP contribution in [0.2, 0.25) is 0 Å². The Morgan fingerprint density at radius 3 is 2.62 bits per heavy atom. The van der Waals surface area contributed by atoms with E-state index in [4.69, 9.17) is 4.98 Å². The molecule has 1 aliphatic rings. The highest BCUT2D eigenvalue weighted by molar-refractivity contribution is 5.45. The minimum Gasteiger partial charge on any atom is -0.353 e. The van der Waals surface area contributed by atoms with Crippen LogP contribution in [0.15, 0.2) is 12.3 Å². The molecule has 0 aromatic carbocycles. The minimum absolute atomic E-state index is 0.646. The highest BCUT2D eigenvalue weighted by Crippen LogP contribution is 2.25. The molecule has 118 valence electrons. The molecule has 0 saturated carbocycles. The van der Waals surface area contributed by atoms with E-state index in [-0.39, 0.29) is 0 Å². The van der Waals surface area contributed by atoms with Crippen molar-refractivity contribution in [2.75, 3.05) is 29.4 Å². The van der Waals surface area contributed by atoms with Crippen molar-refractivity contribution in [3.63, 3.8) is 0 Å². The van der Waals surface area contributed by atoms with Crippen molar-refractivity contribution in [2.45, 2.75) is 65.3 Å². The van der Waals surface area contributed by atoms with Crippen molar-refractivity contribution in [3.8, 4) is 0 Å². The number of hydrogen-bond donors (Lipinski definition) is 0. The van der Waals surface area contributed by atoms with Crippen LogP contribution < -0.4 is 9.80 Å². The molecule has 1 aromatic rings. The van der Waals surface area contributed by atoms with Crippen molar-refractivity contribution < 1.29 is 0 Å². The van der Waals surface area contributed by atoms with Gasteiger partial charge in [0.25, 0.3) is 0 Å². The fourth-order valence-corrected chi connectivity index (χ4v) is 3.23. The van der Waals surface area contributed by atoms with Crippen LogP contribution in [0, 0.1) is 0 Å². The minimum atomic E-state index is 0.646. The maximum atomic E-state index is 4.87. The van der Waals surface area contributed by atoms with Gasteiger partial charge in [0.1, 0.15) is 5.82 Å². The first-order valence-corrected chi connectivity index (χ1v) is 8.64. The Morgan fingerprint density at radius 2 is 1.95 bits per heavy atom. The highest BCUT2D eigenvalue weighted by Gasteiger charge is 2.22. The van der Waals surface area contributed by atoms with Crippen molar-refractivity contribution >= 4 is 11.8 Å². The summed E-state index contributed by atoms with van der Waals surface area (Å²) in [7, 11) is 0. The molecule has 4 heteroatoms. The molecule has 0 radical (unpaired) electrons. The fourth-order valence-electron chi connectivity index (χ4n) is 3.23. The van der Waals surface area contributed by atoms with Crippen LogP contribution in [0.5, 0.6) is 0 Å². The first-order chi connectivity index (χ1) is 10.3. The van der Waals surface area contributed by atoms with Gasteiger partial charge in [0.2, 0.25) is 5.95 Å². The molecule has 2 rings (SSSR count). The summed E-state index contributed by atoms with van der Waals surface area (Å²) in [5.41, 5.74) is 0. The fraction of sp³-hybridized carbons (Fsp3) is 0.765. The van der Waals surface area contributed by atoms with Gasteiger partial charge in [-0.15, -0.1) is 0 Å². The molecule has 4 nitrogen and oxygen atoms in total. The van der Waals surface area contributed by atoms with Crippen LogP contribution in [0.25, 0.3) is 0 Å². The summed E-state index contributed by atoms with van der Waals surface area (Å²) in [6.45, 7) is 9.92. The van der Waals surface area contributed by atoms with Gasteiger partial charge < -0.3 is 9.80 Å². The van der Waals surface area contributed by atoms with Crippen molar-refractivity contribution in [3.05, 3.63) is 12.3 Å². The largest absolute Gasteiger partial charge is 0.353 e. The monoisotopic (exact) mass is 290 g/mol. The lowest BCUT2D eigenvalue weighted by Crippen LogP contribution is -2.40. The van der Waals surface area contributed by atoms with Crippen molar-refractivity contribution in [1.29, 1.82) is 0 Å². The summed E-state index contributed by atoms with van der Waals surface area (Å²) >= 11 is 0. The Labute approximate surface area is 129 Å². The molecule has 1 aromatic heterocycles. The topological polar surface area (TPSA) is 32.3 Å². The molecule has 0 bridgehead atoms. The van der Waals surface area contributed by atoms with E-state index in [0.717, 1.165) is 44.2 Å². The van der Waals surface area contributed by atoms with Gasteiger partial charge in [-0.05, 0) is 44.6 Å². The molecular weight excluding hydrogens is 260 g/mol. The molecule has 1 atom stereocenters. The smallest absolute Gasteiger partial charge is 0.227 e. The maximum absolute atomic E-state index is 4.87. The molecule has 0 spiro atoms. The second-order valence-electron chi connectivity index (χ2n) is 5.95. The van der Waals surface area contributed by atoms with E-state index in [9.17, 15) is 0 Å². The van der Waals surface area contributed by atoms with E-state index in [1.807, 2.05) is 6.20 Å². The third kappa shape index (κ3) is 4.08. The maximum Gasteiger partial charge on any atom is 0.227 e. The van der Waals surface area contributed by atoms with Gasteiger partial charge in [0, 0.05) is 31.9 Å². The van der Waals surface area contributed by atoms with E-state index < -0.39 is 0 Å². The van der Waals surface area contributed by atoms with Crippen LogP contribution in [0.3, 0.4) is 0 Å². The average Bonchev–Trinajstić information content (AvgIpc) is 2.55. The first kappa shape index (κ1) is 16.1. The zero-order chi connectivity index (χ0) is 15.1. The van der Waals surface area contributed by atoms with Crippen LogP contribution in [0.1, 0.15) is 59.3 Å². The van der Waals surface area contributed by atoms with Gasteiger partial charge in [-0.1, -0.05) is 20.8 Å². The first-order valence-electron chi connectivity index (χ1n) is 8.64. The standard InChI is InChI=1S/C17H30N4/c1-4-12-20(13-5-2)17-18-11-10-16(19-17)21-14-8-7-9-15(21)6-3/h10-11,15H,4-9,12-14H2,1-3H3. The Kier molecular flexibility index (Phi) is 6.27. The normalized spacial score (nSPS) is 18.8. The van der Waals surface area contributed by atoms with Gasteiger partial charge in [-0.3, -0.25) is 0 Å². The molecule has 0 amide bonds. The number of nitrogens with zero attached hydrogens (tertiary/aromatic N) is 4. The summed E-state index contributed by atoms with van der Waals surface area (Å²) in [5.74, 6) is 2.01. The summed E-state index contributed by atoms with van der Waals surface area (Å²) in [6, 6.07) is 2.72. The van der Waals surface area contributed by atoms with Crippen LogP contribution in [-0.2, 0) is 0 Å². The number of rotatable bonds is 7. The van der Waals surface area contributed by atoms with Gasteiger partial charge in [-0.25, -0.2) is 4.98 Å². The molecule has 0 aliphatic carbocycles. The van der Waals surface area contributed by atoms with E-state index in [1.165, 1.54) is 25.7 Å². The summed E-state index contributed by atoms with van der Waals surface area (Å²) in [4.78, 5) is 14.2. The zero-order valence-electron chi connectivity index (χ0n) is 13.9. The molecule has 1 aliphatic heterocycles. The number of hydrogen-bond acceptors (Lipinski definition) is 4. The van der Waals surface area contributed by atoms with Gasteiger partial charge in [0.15, 0.2) is 0 Å². The molecule has 21 heavy (non-hydrogen) atoms. The summed E-state index contributed by atoms with van der Waals surface area (Å²) < 4.78 is 0. The lowest BCUT2D eigenvalue weighted by Gasteiger charge is -2.36. The van der Waals surface area contributed by atoms with Gasteiger partial charge in [0.05, 0.1) is 0 Å². The zero-order valence-corrected chi connectivity index (χ0v) is 13.9. The van der Waals surface area contributed by atoms with Crippen molar-refractivity contribution in [2.24, 2.45) is 0 Å². The third-order valence-corrected chi connectivity index (χ3v) is 4.29. The van der Waals surface area contributed by atoms with Gasteiger partial charge >= 0.3 is 0 Å². The van der Waals surface area contributed by atoms with Crippen molar-refractivity contribution in [1.82, 2.24) is 9.97 Å². The van der Waals surface area contributed by atoms with Crippen LogP contribution in [-0.4, -0.2) is 35.6 Å². The summed E-state index contributed by atoms with van der Waals surface area (Å²) in [5, 5.41) is 0. The summed E-state index contributed by atoms with van der Waals surface area (Å²) in [6.07, 6.45) is 9.33. The number of anilines is 2. The molecule has 1 saturated heterocycles. The molecule has 1 fully saturated rings. The lowest BCUT2D eigenvalue weighted by molar-refractivity contribution is 0.446. The third-order valence-electron chi connectivity index (χ3n) is 4.29.